The molecular weight excluding hydrogens is 350 g/mol. The van der Waals surface area contributed by atoms with E-state index < -0.39 is 0 Å². The lowest BCUT2D eigenvalue weighted by Crippen LogP contribution is -2.44. The van der Waals surface area contributed by atoms with Gasteiger partial charge in [-0.05, 0) is 31.0 Å². The van der Waals surface area contributed by atoms with Crippen molar-refractivity contribution in [1.82, 2.24) is 19.9 Å². The highest BCUT2D eigenvalue weighted by molar-refractivity contribution is 7.16. The van der Waals surface area contributed by atoms with Crippen molar-refractivity contribution in [3.05, 3.63) is 47.4 Å². The molecule has 7 nitrogen and oxygen atoms in total. The van der Waals surface area contributed by atoms with E-state index in [2.05, 4.69) is 15.0 Å². The minimum Gasteiger partial charge on any atom is -0.470 e. The lowest BCUT2D eigenvalue weighted by atomic mass is 10.1. The molecule has 26 heavy (non-hydrogen) atoms. The average molecular weight is 365 g/mol. The number of benzene rings is 1. The molecule has 130 valence electrons. The van der Waals surface area contributed by atoms with E-state index in [4.69, 9.17) is 10.00 Å². The Hall–Kier alpha value is -3.05. The second-order valence-corrected chi connectivity index (χ2v) is 6.88. The van der Waals surface area contributed by atoms with E-state index in [-0.39, 0.29) is 23.6 Å². The van der Waals surface area contributed by atoms with Gasteiger partial charge in [-0.2, -0.15) is 5.26 Å². The summed E-state index contributed by atoms with van der Waals surface area (Å²) in [6, 6.07) is 7.54. The Morgan fingerprint density at radius 3 is 3.08 bits per heavy atom. The smallest absolute Gasteiger partial charge is 0.254 e. The van der Waals surface area contributed by atoms with Crippen LogP contribution in [0.25, 0.3) is 10.2 Å². The molecule has 2 aromatic heterocycles. The van der Waals surface area contributed by atoms with Crippen LogP contribution in [0.4, 0.5) is 0 Å². The molecule has 3 heterocycles. The molecule has 1 atom stereocenters. The Labute approximate surface area is 153 Å². The minimum absolute atomic E-state index is 0.0201. The Morgan fingerprint density at radius 1 is 1.31 bits per heavy atom. The summed E-state index contributed by atoms with van der Waals surface area (Å²) in [4.78, 5) is 26.9. The lowest BCUT2D eigenvalue weighted by molar-refractivity contribution is 0.0526. The van der Waals surface area contributed by atoms with E-state index in [1.165, 1.54) is 23.7 Å². The van der Waals surface area contributed by atoms with E-state index in [1.807, 2.05) is 24.3 Å². The molecule has 0 aliphatic carbocycles. The van der Waals surface area contributed by atoms with Gasteiger partial charge in [0.05, 0.1) is 22.3 Å². The lowest BCUT2D eigenvalue weighted by Gasteiger charge is -2.32. The number of ether oxygens (including phenoxy) is 1. The second kappa shape index (κ2) is 7.06. The van der Waals surface area contributed by atoms with Crippen molar-refractivity contribution < 1.29 is 9.53 Å². The zero-order valence-electron chi connectivity index (χ0n) is 13.8. The highest BCUT2D eigenvalue weighted by Gasteiger charge is 2.27. The van der Waals surface area contributed by atoms with Crippen LogP contribution in [0.15, 0.2) is 36.1 Å². The normalized spacial score (nSPS) is 17.0. The van der Waals surface area contributed by atoms with Crippen LogP contribution < -0.4 is 4.74 Å². The predicted octanol–water partition coefficient (Wildman–Crippen LogP) is 2.64. The van der Waals surface area contributed by atoms with Crippen LogP contribution in [-0.4, -0.2) is 45.0 Å². The van der Waals surface area contributed by atoms with Gasteiger partial charge in [-0.25, -0.2) is 15.0 Å². The van der Waals surface area contributed by atoms with E-state index in [9.17, 15) is 4.79 Å². The van der Waals surface area contributed by atoms with E-state index >= 15 is 0 Å². The monoisotopic (exact) mass is 365 g/mol. The molecule has 3 aromatic rings. The Bertz CT molecular complexity index is 996. The summed E-state index contributed by atoms with van der Waals surface area (Å²) in [5, 5.41) is 9.10. The maximum atomic E-state index is 12.9. The first-order valence-electron chi connectivity index (χ1n) is 8.25. The summed E-state index contributed by atoms with van der Waals surface area (Å²) in [6.07, 6.45) is 4.38. The predicted molar refractivity (Wildman–Crippen MR) is 95.9 cm³/mol. The number of rotatable bonds is 3. The number of likely N-dealkylation sites (tertiary alicyclic amines) is 1. The number of piperidine rings is 1. The van der Waals surface area contributed by atoms with Gasteiger partial charge < -0.3 is 9.64 Å². The molecule has 4 rings (SSSR count). The van der Waals surface area contributed by atoms with Gasteiger partial charge >= 0.3 is 0 Å². The number of fused-ring (bicyclic) bond motifs is 1. The zero-order chi connectivity index (χ0) is 17.9. The molecule has 1 aromatic carbocycles. The maximum Gasteiger partial charge on any atom is 0.254 e. The molecule has 1 aliphatic rings. The quantitative estimate of drug-likeness (QED) is 0.708. The summed E-state index contributed by atoms with van der Waals surface area (Å²) in [6.45, 7) is 1.14. The second-order valence-electron chi connectivity index (χ2n) is 5.99. The third kappa shape index (κ3) is 3.21. The topological polar surface area (TPSA) is 92.0 Å². The number of carbonyl (C=O) groups is 1. The van der Waals surface area contributed by atoms with Crippen LogP contribution in [0, 0.1) is 11.3 Å². The van der Waals surface area contributed by atoms with Gasteiger partial charge in [0.15, 0.2) is 0 Å². The third-order valence-electron chi connectivity index (χ3n) is 4.29. The average Bonchev–Trinajstić information content (AvgIpc) is 3.16. The highest BCUT2D eigenvalue weighted by Crippen LogP contribution is 2.23. The molecule has 8 heteroatoms. The molecule has 0 radical (unpaired) electrons. The SMILES string of the molecule is N#Cc1nccnc1O[C@H]1CCCN(C(=O)c2ccc3ncsc3c2)C1. The molecule has 0 spiro atoms. The number of hydrogen-bond acceptors (Lipinski definition) is 7. The maximum absolute atomic E-state index is 12.9. The van der Waals surface area contributed by atoms with Crippen molar-refractivity contribution in [1.29, 1.82) is 5.26 Å². The molecule has 1 aliphatic heterocycles. The number of hydrogen-bond donors (Lipinski definition) is 0. The van der Waals surface area contributed by atoms with Crippen molar-refractivity contribution in [3.8, 4) is 11.9 Å². The zero-order valence-corrected chi connectivity index (χ0v) is 14.6. The van der Waals surface area contributed by atoms with E-state index in [1.54, 1.807) is 10.4 Å². The first-order chi connectivity index (χ1) is 12.7. The Morgan fingerprint density at radius 2 is 2.19 bits per heavy atom. The fourth-order valence-electron chi connectivity index (χ4n) is 3.04. The van der Waals surface area contributed by atoms with Gasteiger partial charge in [0.2, 0.25) is 5.69 Å². The fraction of sp³-hybridized carbons (Fsp3) is 0.278. The molecule has 0 bridgehead atoms. The number of nitrogens with zero attached hydrogens (tertiary/aromatic N) is 5. The molecule has 1 fully saturated rings. The Kier molecular flexibility index (Phi) is 4.46. The molecule has 1 saturated heterocycles. The summed E-state index contributed by atoms with van der Waals surface area (Å²) in [5.41, 5.74) is 3.49. The van der Waals surface area contributed by atoms with Crippen molar-refractivity contribution in [3.63, 3.8) is 0 Å². The van der Waals surface area contributed by atoms with Gasteiger partial charge in [-0.15, -0.1) is 11.3 Å². The van der Waals surface area contributed by atoms with E-state index in [0.717, 1.165) is 23.1 Å². The van der Waals surface area contributed by atoms with Crippen molar-refractivity contribution in [2.45, 2.75) is 18.9 Å². The van der Waals surface area contributed by atoms with Crippen LogP contribution >= 0.6 is 11.3 Å². The molecular formula is C18H15N5O2S. The molecule has 1 amide bonds. The standard InChI is InChI=1S/C18H15N5O2S/c19-9-15-17(21-6-5-20-15)25-13-2-1-7-23(10-13)18(24)12-3-4-14-16(8-12)26-11-22-14/h3-6,8,11,13H,1-2,7,10H2/t13-/m0/s1. The van der Waals surface area contributed by atoms with Gasteiger partial charge in [0.25, 0.3) is 11.8 Å². The number of aromatic nitrogens is 3. The van der Waals surface area contributed by atoms with Gasteiger partial charge in [0, 0.05) is 24.5 Å². The van der Waals surface area contributed by atoms with Crippen LogP contribution in [0.2, 0.25) is 0 Å². The summed E-state index contributed by atoms with van der Waals surface area (Å²) in [5.74, 6) is 0.202. The number of amides is 1. The van der Waals surface area contributed by atoms with Gasteiger partial charge in [-0.1, -0.05) is 0 Å². The van der Waals surface area contributed by atoms with Crippen molar-refractivity contribution in [2.75, 3.05) is 13.1 Å². The number of nitriles is 1. The van der Waals surface area contributed by atoms with Crippen LogP contribution in [0.3, 0.4) is 0 Å². The minimum atomic E-state index is -0.205. The number of thiazole rings is 1. The first-order valence-corrected chi connectivity index (χ1v) is 9.13. The van der Waals surface area contributed by atoms with Crippen LogP contribution in [0.1, 0.15) is 28.9 Å². The van der Waals surface area contributed by atoms with Crippen molar-refractivity contribution in [2.24, 2.45) is 0 Å². The van der Waals surface area contributed by atoms with Gasteiger partial charge in [0.1, 0.15) is 12.2 Å². The molecule has 0 saturated carbocycles. The molecule has 0 unspecified atom stereocenters. The third-order valence-corrected chi connectivity index (χ3v) is 5.08. The summed E-state index contributed by atoms with van der Waals surface area (Å²) in [7, 11) is 0. The summed E-state index contributed by atoms with van der Waals surface area (Å²) < 4.78 is 6.85. The van der Waals surface area contributed by atoms with E-state index in [0.29, 0.717) is 18.7 Å². The van der Waals surface area contributed by atoms with Crippen LogP contribution in [0.5, 0.6) is 5.88 Å². The number of carbonyl (C=O) groups excluding carboxylic acids is 1. The summed E-state index contributed by atoms with van der Waals surface area (Å²) >= 11 is 1.52. The molecule has 0 N–H and O–H groups in total. The largest absolute Gasteiger partial charge is 0.470 e. The first kappa shape index (κ1) is 16.4. The van der Waals surface area contributed by atoms with Crippen LogP contribution in [-0.2, 0) is 0 Å². The fourth-order valence-corrected chi connectivity index (χ4v) is 3.75. The Balaban J connectivity index is 1.49. The van der Waals surface area contributed by atoms with Crippen molar-refractivity contribution >= 4 is 27.5 Å². The highest BCUT2D eigenvalue weighted by atomic mass is 32.1. The van der Waals surface area contributed by atoms with Gasteiger partial charge in [-0.3, -0.25) is 4.79 Å².